The first-order valence-electron chi connectivity index (χ1n) is 5.72. The second kappa shape index (κ2) is 5.97. The molecule has 0 aliphatic carbocycles. The van der Waals surface area contributed by atoms with Gasteiger partial charge in [0.05, 0.1) is 9.95 Å². The van der Waals surface area contributed by atoms with Gasteiger partial charge in [-0.1, -0.05) is 6.42 Å². The molecule has 1 aliphatic rings. The first-order chi connectivity index (χ1) is 8.25. The van der Waals surface area contributed by atoms with E-state index in [0.717, 1.165) is 17.3 Å². The number of thioether (sulfide) groups is 1. The van der Waals surface area contributed by atoms with Gasteiger partial charge >= 0.3 is 0 Å². The summed E-state index contributed by atoms with van der Waals surface area (Å²) < 4.78 is 0. The van der Waals surface area contributed by atoms with Gasteiger partial charge in [0.1, 0.15) is 6.20 Å². The lowest BCUT2D eigenvalue weighted by Gasteiger charge is -2.22. The molecule has 6 heteroatoms. The lowest BCUT2D eigenvalue weighted by molar-refractivity contribution is -0.385. The average molecular weight is 253 g/mol. The monoisotopic (exact) mass is 253 g/mol. The zero-order valence-electron chi connectivity index (χ0n) is 9.46. The number of pyridine rings is 1. The van der Waals surface area contributed by atoms with Gasteiger partial charge < -0.3 is 5.32 Å². The summed E-state index contributed by atoms with van der Waals surface area (Å²) in [6.45, 7) is 1.10. The van der Waals surface area contributed by atoms with Crippen molar-refractivity contribution in [1.82, 2.24) is 10.3 Å². The molecule has 1 saturated heterocycles. The summed E-state index contributed by atoms with van der Waals surface area (Å²) in [5, 5.41) is 14.8. The SMILES string of the molecule is O=[N+]([O-])c1ccc(SCC2CCCCN2)nc1. The summed E-state index contributed by atoms with van der Waals surface area (Å²) in [4.78, 5) is 14.1. The highest BCUT2D eigenvalue weighted by Gasteiger charge is 2.13. The van der Waals surface area contributed by atoms with Gasteiger partial charge in [-0.2, -0.15) is 0 Å². The molecular formula is C11H15N3O2S. The molecule has 17 heavy (non-hydrogen) atoms. The number of aromatic nitrogens is 1. The van der Waals surface area contributed by atoms with Gasteiger partial charge in [-0.25, -0.2) is 4.98 Å². The Morgan fingerprint density at radius 1 is 1.53 bits per heavy atom. The Morgan fingerprint density at radius 3 is 3.00 bits per heavy atom. The fraction of sp³-hybridized carbons (Fsp3) is 0.545. The van der Waals surface area contributed by atoms with Crippen LogP contribution in [0.3, 0.4) is 0 Å². The standard InChI is InChI=1S/C11H15N3O2S/c15-14(16)10-4-5-11(13-7-10)17-8-9-3-1-2-6-12-9/h4-5,7,9,12H,1-3,6,8H2. The first-order valence-corrected chi connectivity index (χ1v) is 6.71. The van der Waals surface area contributed by atoms with Crippen LogP contribution < -0.4 is 5.32 Å². The molecule has 92 valence electrons. The van der Waals surface area contributed by atoms with Gasteiger partial charge in [-0.3, -0.25) is 10.1 Å². The number of hydrogen-bond donors (Lipinski definition) is 1. The topological polar surface area (TPSA) is 68.1 Å². The lowest BCUT2D eigenvalue weighted by Crippen LogP contribution is -2.35. The molecule has 1 aromatic rings. The maximum Gasteiger partial charge on any atom is 0.287 e. The molecule has 1 N–H and O–H groups in total. The highest BCUT2D eigenvalue weighted by molar-refractivity contribution is 7.99. The highest BCUT2D eigenvalue weighted by Crippen LogP contribution is 2.21. The number of nitrogens with zero attached hydrogens (tertiary/aromatic N) is 2. The normalized spacial score (nSPS) is 20.1. The molecule has 1 aliphatic heterocycles. The molecule has 1 atom stereocenters. The van der Waals surface area contributed by atoms with Crippen molar-refractivity contribution in [1.29, 1.82) is 0 Å². The number of rotatable bonds is 4. The van der Waals surface area contributed by atoms with Crippen molar-refractivity contribution in [2.75, 3.05) is 12.3 Å². The summed E-state index contributed by atoms with van der Waals surface area (Å²) in [6.07, 6.45) is 5.07. The quantitative estimate of drug-likeness (QED) is 0.506. The Hall–Kier alpha value is -1.14. The highest BCUT2D eigenvalue weighted by atomic mass is 32.2. The molecule has 0 saturated carbocycles. The van der Waals surface area contributed by atoms with Crippen LogP contribution in [0.1, 0.15) is 19.3 Å². The Bertz CT molecular complexity index is 377. The van der Waals surface area contributed by atoms with Crippen LogP contribution in [-0.2, 0) is 0 Å². The first kappa shape index (κ1) is 12.3. The summed E-state index contributed by atoms with van der Waals surface area (Å²) >= 11 is 1.65. The predicted molar refractivity (Wildman–Crippen MR) is 67.3 cm³/mol. The van der Waals surface area contributed by atoms with Crippen molar-refractivity contribution in [3.8, 4) is 0 Å². The van der Waals surface area contributed by atoms with Crippen LogP contribution in [0, 0.1) is 10.1 Å². The molecule has 0 amide bonds. The number of nitrogens with one attached hydrogen (secondary N) is 1. The molecular weight excluding hydrogens is 238 g/mol. The van der Waals surface area contributed by atoms with E-state index < -0.39 is 4.92 Å². The van der Waals surface area contributed by atoms with Gasteiger partial charge in [0.2, 0.25) is 0 Å². The van der Waals surface area contributed by atoms with E-state index in [-0.39, 0.29) is 5.69 Å². The van der Waals surface area contributed by atoms with Gasteiger partial charge in [0.25, 0.3) is 5.69 Å². The molecule has 0 bridgehead atoms. The Morgan fingerprint density at radius 2 is 2.41 bits per heavy atom. The van der Waals surface area contributed by atoms with Crippen LogP contribution in [0.5, 0.6) is 0 Å². The van der Waals surface area contributed by atoms with Crippen LogP contribution in [-0.4, -0.2) is 28.2 Å². The summed E-state index contributed by atoms with van der Waals surface area (Å²) in [5.41, 5.74) is 0.0464. The van der Waals surface area contributed by atoms with Crippen LogP contribution >= 0.6 is 11.8 Å². The Labute approximate surface area is 104 Å². The van der Waals surface area contributed by atoms with Gasteiger partial charge in [-0.15, -0.1) is 11.8 Å². The predicted octanol–water partition coefficient (Wildman–Crippen LogP) is 2.22. The van der Waals surface area contributed by atoms with E-state index in [2.05, 4.69) is 10.3 Å². The number of piperidine rings is 1. The second-order valence-electron chi connectivity index (χ2n) is 4.07. The molecule has 1 aromatic heterocycles. The molecule has 0 spiro atoms. The van der Waals surface area contributed by atoms with Crippen LogP contribution in [0.15, 0.2) is 23.4 Å². The van der Waals surface area contributed by atoms with Crippen molar-refractivity contribution in [2.45, 2.75) is 30.3 Å². The third-order valence-corrected chi connectivity index (χ3v) is 3.88. The van der Waals surface area contributed by atoms with E-state index in [1.54, 1.807) is 17.8 Å². The van der Waals surface area contributed by atoms with E-state index in [4.69, 9.17) is 0 Å². The second-order valence-corrected chi connectivity index (χ2v) is 5.11. The van der Waals surface area contributed by atoms with Crippen LogP contribution in [0.25, 0.3) is 0 Å². The van der Waals surface area contributed by atoms with Gasteiger partial charge in [0.15, 0.2) is 0 Å². The minimum absolute atomic E-state index is 0.0464. The Kier molecular flexibility index (Phi) is 4.33. The van der Waals surface area contributed by atoms with Gasteiger partial charge in [0, 0.05) is 17.9 Å². The fourth-order valence-corrected chi connectivity index (χ4v) is 2.77. The van der Waals surface area contributed by atoms with E-state index in [1.807, 2.05) is 0 Å². The fourth-order valence-electron chi connectivity index (χ4n) is 1.82. The number of hydrogen-bond acceptors (Lipinski definition) is 5. The third kappa shape index (κ3) is 3.67. The summed E-state index contributed by atoms with van der Waals surface area (Å²) in [5.74, 6) is 0.977. The number of nitro groups is 1. The summed E-state index contributed by atoms with van der Waals surface area (Å²) in [7, 11) is 0. The largest absolute Gasteiger partial charge is 0.313 e. The van der Waals surface area contributed by atoms with E-state index in [1.165, 1.54) is 31.5 Å². The van der Waals surface area contributed by atoms with E-state index in [9.17, 15) is 10.1 Å². The molecule has 1 unspecified atom stereocenters. The van der Waals surface area contributed by atoms with Crippen molar-refractivity contribution in [3.63, 3.8) is 0 Å². The summed E-state index contributed by atoms with van der Waals surface area (Å²) in [6, 6.07) is 3.76. The lowest BCUT2D eigenvalue weighted by atomic mass is 10.1. The van der Waals surface area contributed by atoms with Crippen molar-refractivity contribution < 1.29 is 4.92 Å². The zero-order chi connectivity index (χ0) is 12.1. The van der Waals surface area contributed by atoms with Crippen LogP contribution in [0.4, 0.5) is 5.69 Å². The average Bonchev–Trinajstić information content (AvgIpc) is 2.38. The minimum Gasteiger partial charge on any atom is -0.313 e. The molecule has 5 nitrogen and oxygen atoms in total. The molecule has 0 aromatic carbocycles. The zero-order valence-corrected chi connectivity index (χ0v) is 10.3. The molecule has 1 fully saturated rings. The molecule has 2 rings (SSSR count). The molecule has 0 radical (unpaired) electrons. The van der Waals surface area contributed by atoms with Crippen LogP contribution in [0.2, 0.25) is 0 Å². The van der Waals surface area contributed by atoms with Gasteiger partial charge in [-0.05, 0) is 25.5 Å². The maximum absolute atomic E-state index is 10.5. The van der Waals surface area contributed by atoms with E-state index >= 15 is 0 Å². The van der Waals surface area contributed by atoms with E-state index in [0.29, 0.717) is 6.04 Å². The maximum atomic E-state index is 10.5. The third-order valence-electron chi connectivity index (χ3n) is 2.78. The Balaban J connectivity index is 1.84. The molecule has 2 heterocycles. The minimum atomic E-state index is -0.426. The smallest absolute Gasteiger partial charge is 0.287 e. The van der Waals surface area contributed by atoms with Crippen molar-refractivity contribution in [2.24, 2.45) is 0 Å². The van der Waals surface area contributed by atoms with Crippen molar-refractivity contribution in [3.05, 3.63) is 28.4 Å². The van der Waals surface area contributed by atoms with Crippen molar-refractivity contribution >= 4 is 17.4 Å².